The van der Waals surface area contributed by atoms with E-state index in [0.717, 1.165) is 0 Å². The van der Waals surface area contributed by atoms with Crippen molar-refractivity contribution in [2.45, 2.75) is 40.0 Å². The SMILES string of the molecule is CCCN(CCC)CCC.O=[N+]([O-])F.O=[N+]([O-])F.O=[N+]([O-])F.O=[N+]([O-])F. The molecule has 0 saturated carbocycles. The van der Waals surface area contributed by atoms with Gasteiger partial charge in [0.15, 0.2) is 17.9 Å². The second-order valence-electron chi connectivity index (χ2n) is 3.69. The molecule has 0 aliphatic carbocycles. The molecule has 0 saturated heterocycles. The Balaban J connectivity index is -0.0000000776. The molecule has 0 unspecified atom stereocenters. The second kappa shape index (κ2) is 30.2. The van der Waals surface area contributed by atoms with Crippen molar-refractivity contribution in [3.63, 3.8) is 0 Å². The topological polar surface area (TPSA) is 176 Å². The van der Waals surface area contributed by atoms with E-state index >= 15 is 0 Å². The summed E-state index contributed by atoms with van der Waals surface area (Å²) in [7, 11) is 0. The van der Waals surface area contributed by atoms with Gasteiger partial charge in [0.1, 0.15) is 0 Å². The van der Waals surface area contributed by atoms with Crippen molar-refractivity contribution in [3.05, 3.63) is 40.5 Å². The minimum absolute atomic E-state index is 1.28. The normalized spacial score (nSPS) is 8.00. The van der Waals surface area contributed by atoms with Gasteiger partial charge in [-0.05, 0) is 38.9 Å². The van der Waals surface area contributed by atoms with E-state index in [4.69, 9.17) is 40.5 Å². The molecule has 0 aromatic rings. The molecule has 17 heteroatoms. The smallest absolute Gasteiger partial charge is 0.279 e. The van der Waals surface area contributed by atoms with Crippen molar-refractivity contribution in [2.24, 2.45) is 0 Å². The van der Waals surface area contributed by atoms with E-state index in [1.54, 1.807) is 0 Å². The fourth-order valence-electron chi connectivity index (χ4n) is 1.28. The van der Waals surface area contributed by atoms with Crippen LogP contribution >= 0.6 is 0 Å². The number of nitro groups is 4. The molecule has 0 fully saturated rings. The molecule has 0 bridgehead atoms. The lowest BCUT2D eigenvalue weighted by atomic mass is 10.3. The van der Waals surface area contributed by atoms with Crippen molar-refractivity contribution in [1.82, 2.24) is 4.90 Å². The summed E-state index contributed by atoms with van der Waals surface area (Å²) in [5.74, 6) is 0. The minimum atomic E-state index is -2.00. The average molecular weight is 403 g/mol. The largest absolute Gasteiger partial charge is 0.303 e. The summed E-state index contributed by atoms with van der Waals surface area (Å²) in [6.45, 7) is 10.6. The van der Waals surface area contributed by atoms with Crippen molar-refractivity contribution in [2.75, 3.05) is 19.6 Å². The Morgan fingerprint density at radius 2 is 0.692 bits per heavy atom. The maximum atomic E-state index is 9.72. The van der Waals surface area contributed by atoms with Gasteiger partial charge in [-0.1, -0.05) is 20.8 Å². The molecule has 0 heterocycles. The van der Waals surface area contributed by atoms with Crippen LogP contribution in [-0.4, -0.2) is 45.1 Å². The highest BCUT2D eigenvalue weighted by Gasteiger charge is 1.98. The minimum Gasteiger partial charge on any atom is -0.303 e. The fourth-order valence-corrected chi connectivity index (χ4v) is 1.28. The number of nitrogens with zero attached hydrogens (tertiary/aromatic N) is 5. The summed E-state index contributed by atoms with van der Waals surface area (Å²) in [5.41, 5.74) is 0. The Bertz CT molecular complexity index is 289. The Morgan fingerprint density at radius 3 is 0.769 bits per heavy atom. The summed E-state index contributed by atoms with van der Waals surface area (Å²) in [4.78, 5) is 35.1. The second-order valence-corrected chi connectivity index (χ2v) is 3.69. The monoisotopic (exact) mass is 403 g/mol. The fraction of sp³-hybridized carbons (Fsp3) is 1.00. The van der Waals surface area contributed by atoms with Crippen LogP contribution in [0.2, 0.25) is 0 Å². The number of rotatable bonds is 6. The molecule has 0 aromatic heterocycles. The molecule has 0 N–H and O–H groups in total. The molecule has 158 valence electrons. The summed E-state index contributed by atoms with van der Waals surface area (Å²) < 4.78 is 38.9. The Kier molecular flexibility index (Phi) is 40.2. The van der Waals surface area contributed by atoms with Gasteiger partial charge in [0.2, 0.25) is 0 Å². The molecular formula is C9H21F4N5O8. The van der Waals surface area contributed by atoms with Crippen molar-refractivity contribution in [3.8, 4) is 0 Å². The average Bonchev–Trinajstić information content (AvgIpc) is 2.36. The predicted octanol–water partition coefficient (Wildman–Crippen LogP) is 3.11. The van der Waals surface area contributed by atoms with Gasteiger partial charge in [0.25, 0.3) is 20.6 Å². The van der Waals surface area contributed by atoms with Crippen LogP contribution in [-0.2, 0) is 0 Å². The van der Waals surface area contributed by atoms with Crippen LogP contribution in [0.5, 0.6) is 0 Å². The highest BCUT2D eigenvalue weighted by molar-refractivity contribution is 4.53. The van der Waals surface area contributed by atoms with E-state index in [-0.39, 0.29) is 0 Å². The van der Waals surface area contributed by atoms with Gasteiger partial charge in [-0.25, -0.2) is 40.5 Å². The van der Waals surface area contributed by atoms with E-state index in [1.165, 1.54) is 38.9 Å². The number of hydrogen-bond donors (Lipinski definition) is 0. The van der Waals surface area contributed by atoms with Gasteiger partial charge < -0.3 is 4.90 Å². The van der Waals surface area contributed by atoms with Gasteiger partial charge in [-0.2, -0.15) is 0 Å². The lowest BCUT2D eigenvalue weighted by Crippen LogP contribution is -2.25. The molecular weight excluding hydrogens is 382 g/mol. The van der Waals surface area contributed by atoms with Crippen LogP contribution in [0.4, 0.5) is 17.9 Å². The van der Waals surface area contributed by atoms with Crippen molar-refractivity contribution in [1.29, 1.82) is 0 Å². The molecule has 0 spiro atoms. The van der Waals surface area contributed by atoms with Crippen LogP contribution in [0.25, 0.3) is 0 Å². The standard InChI is InChI=1S/C9H21N.4FNO2/c1-4-7-10(8-5-2)9-6-3;4*1-2(3)4/h4-9H2,1-3H3;;;;. The van der Waals surface area contributed by atoms with E-state index in [0.29, 0.717) is 0 Å². The lowest BCUT2D eigenvalue weighted by Gasteiger charge is -2.19. The van der Waals surface area contributed by atoms with Crippen LogP contribution in [0.3, 0.4) is 0 Å². The number of halogens is 4. The predicted molar refractivity (Wildman–Crippen MR) is 79.7 cm³/mol. The first kappa shape index (κ1) is 34.6. The van der Waals surface area contributed by atoms with Crippen molar-refractivity contribution < 1.29 is 38.5 Å². The zero-order valence-corrected chi connectivity index (χ0v) is 14.3. The first-order valence-electron chi connectivity index (χ1n) is 6.71. The highest BCUT2D eigenvalue weighted by Crippen LogP contribution is 1.94. The van der Waals surface area contributed by atoms with Crippen LogP contribution in [0.1, 0.15) is 40.0 Å². The third-order valence-electron chi connectivity index (χ3n) is 1.62. The van der Waals surface area contributed by atoms with Gasteiger partial charge in [0.05, 0.1) is 0 Å². The van der Waals surface area contributed by atoms with E-state index < -0.39 is 20.6 Å². The molecule has 0 rings (SSSR count). The summed E-state index contributed by atoms with van der Waals surface area (Å²) >= 11 is 0. The van der Waals surface area contributed by atoms with Gasteiger partial charge in [-0.15, -0.1) is 0 Å². The Labute approximate surface area is 144 Å². The first-order chi connectivity index (χ1) is 11.8. The summed E-state index contributed by atoms with van der Waals surface area (Å²) in [6.07, 6.45) is 3.88. The van der Waals surface area contributed by atoms with Crippen LogP contribution in [0.15, 0.2) is 0 Å². The van der Waals surface area contributed by atoms with Gasteiger partial charge in [-0.3, -0.25) is 0 Å². The van der Waals surface area contributed by atoms with Gasteiger partial charge >= 0.3 is 0 Å². The maximum Gasteiger partial charge on any atom is 0.279 e. The zero-order valence-electron chi connectivity index (χ0n) is 14.3. The zero-order chi connectivity index (χ0) is 22.1. The van der Waals surface area contributed by atoms with Crippen LogP contribution < -0.4 is 0 Å². The maximum absolute atomic E-state index is 9.72. The third kappa shape index (κ3) is 222. The van der Waals surface area contributed by atoms with E-state index in [9.17, 15) is 17.9 Å². The van der Waals surface area contributed by atoms with E-state index in [1.807, 2.05) is 0 Å². The quantitative estimate of drug-likeness (QED) is 0.279. The molecule has 0 aliphatic rings. The highest BCUT2D eigenvalue weighted by atomic mass is 19.2. The van der Waals surface area contributed by atoms with Crippen LogP contribution in [0, 0.1) is 40.5 Å². The lowest BCUT2D eigenvalue weighted by molar-refractivity contribution is -0.672. The molecule has 0 amide bonds. The van der Waals surface area contributed by atoms with Crippen molar-refractivity contribution >= 4 is 0 Å². The Hall–Kier alpha value is -2.72. The Morgan fingerprint density at radius 1 is 0.577 bits per heavy atom. The number of hydrogen-bond acceptors (Lipinski definition) is 9. The summed E-state index contributed by atoms with van der Waals surface area (Å²) in [6, 6.07) is 0. The molecule has 0 atom stereocenters. The van der Waals surface area contributed by atoms with E-state index in [2.05, 4.69) is 25.7 Å². The third-order valence-corrected chi connectivity index (χ3v) is 1.62. The van der Waals surface area contributed by atoms with Gasteiger partial charge in [0, 0.05) is 0 Å². The molecule has 26 heavy (non-hydrogen) atoms. The molecule has 0 aliphatic heterocycles. The first-order valence-corrected chi connectivity index (χ1v) is 6.71. The molecule has 0 radical (unpaired) electrons. The molecule has 0 aromatic carbocycles. The molecule has 13 nitrogen and oxygen atoms in total. The summed E-state index contributed by atoms with van der Waals surface area (Å²) in [5, 5.41) is 24.6.